The smallest absolute Gasteiger partial charge is 0.266 e. The van der Waals surface area contributed by atoms with Crippen molar-refractivity contribution in [1.82, 2.24) is 4.72 Å². The molecular weight excluding hydrogens is 433 g/mol. The molecule has 0 unspecified atom stereocenters. The molecule has 0 radical (unpaired) electrons. The molecule has 0 saturated carbocycles. The third kappa shape index (κ3) is 4.70. The lowest BCUT2D eigenvalue weighted by Crippen LogP contribution is -2.30. The quantitative estimate of drug-likeness (QED) is 0.752. The van der Waals surface area contributed by atoms with Gasteiger partial charge in [-0.15, -0.1) is 11.3 Å². The minimum Gasteiger partial charge on any atom is -0.274 e. The first-order valence-corrected chi connectivity index (χ1v) is 9.88. The number of aryl methyl sites for hydroxylation is 1. The van der Waals surface area contributed by atoms with Crippen LogP contribution in [0, 0.1) is 0 Å². The van der Waals surface area contributed by atoms with Crippen molar-refractivity contribution in [2.75, 3.05) is 0 Å². The second kappa shape index (κ2) is 7.31. The van der Waals surface area contributed by atoms with Crippen molar-refractivity contribution in [3.05, 3.63) is 49.0 Å². The van der Waals surface area contributed by atoms with Crippen LogP contribution < -0.4 is 4.72 Å². The molecule has 118 valence electrons. The van der Waals surface area contributed by atoms with E-state index < -0.39 is 15.9 Å². The number of hydrogen-bond donors (Lipinski definition) is 1. The van der Waals surface area contributed by atoms with Crippen molar-refractivity contribution in [3.8, 4) is 0 Å². The summed E-state index contributed by atoms with van der Waals surface area (Å²) in [6.07, 6.45) is 0.476. The van der Waals surface area contributed by atoms with Gasteiger partial charge in [0.15, 0.2) is 0 Å². The Hall–Kier alpha value is -0.600. The Bertz CT molecular complexity index is 805. The summed E-state index contributed by atoms with van der Waals surface area (Å²) in [5, 5.41) is 0. The van der Waals surface area contributed by atoms with Gasteiger partial charge in [0, 0.05) is 10.9 Å². The van der Waals surface area contributed by atoms with E-state index in [4.69, 9.17) is 23.2 Å². The van der Waals surface area contributed by atoms with E-state index >= 15 is 0 Å². The zero-order chi connectivity index (χ0) is 16.3. The minimum absolute atomic E-state index is 0.0253. The standard InChI is InChI=1S/C13H10BrCl2NO3S2/c14-9-3-1-2-8(6-9)4-5-12(18)17-22(19,20)10-7-11(15)21-13(10)16/h1-3,6-7H,4-5H2,(H,17,18). The van der Waals surface area contributed by atoms with Crippen LogP contribution in [-0.2, 0) is 21.2 Å². The van der Waals surface area contributed by atoms with E-state index in [1.165, 1.54) is 6.07 Å². The van der Waals surface area contributed by atoms with Crippen molar-refractivity contribution < 1.29 is 13.2 Å². The number of thiophene rings is 1. The number of amides is 1. The van der Waals surface area contributed by atoms with Crippen molar-refractivity contribution >= 4 is 66.4 Å². The lowest BCUT2D eigenvalue weighted by molar-refractivity contribution is -0.119. The Morgan fingerprint density at radius 3 is 2.59 bits per heavy atom. The largest absolute Gasteiger partial charge is 0.274 e. The second-order valence-electron chi connectivity index (χ2n) is 4.35. The highest BCUT2D eigenvalue weighted by Gasteiger charge is 2.23. The molecule has 0 aliphatic rings. The highest BCUT2D eigenvalue weighted by Crippen LogP contribution is 2.34. The average molecular weight is 443 g/mol. The molecule has 1 aromatic heterocycles. The van der Waals surface area contributed by atoms with Crippen LogP contribution in [0.1, 0.15) is 12.0 Å². The molecule has 0 aliphatic carbocycles. The van der Waals surface area contributed by atoms with Crippen LogP contribution in [0.4, 0.5) is 0 Å². The predicted molar refractivity (Wildman–Crippen MR) is 92.1 cm³/mol. The van der Waals surface area contributed by atoms with E-state index in [0.717, 1.165) is 21.4 Å². The van der Waals surface area contributed by atoms with Gasteiger partial charge >= 0.3 is 0 Å². The van der Waals surface area contributed by atoms with Crippen molar-refractivity contribution in [3.63, 3.8) is 0 Å². The summed E-state index contributed by atoms with van der Waals surface area (Å²) in [5.74, 6) is -0.599. The summed E-state index contributed by atoms with van der Waals surface area (Å²) < 4.78 is 27.3. The highest BCUT2D eigenvalue weighted by molar-refractivity contribution is 9.10. The molecule has 0 saturated heterocycles. The van der Waals surface area contributed by atoms with Gasteiger partial charge in [-0.05, 0) is 30.2 Å². The van der Waals surface area contributed by atoms with Gasteiger partial charge in [0.1, 0.15) is 9.23 Å². The first-order valence-electron chi connectivity index (χ1n) is 6.03. The SMILES string of the molecule is O=C(CCc1cccc(Br)c1)NS(=O)(=O)c1cc(Cl)sc1Cl. The van der Waals surface area contributed by atoms with Crippen LogP contribution in [0.2, 0.25) is 8.67 Å². The predicted octanol–water partition coefficient (Wildman–Crippen LogP) is 4.26. The van der Waals surface area contributed by atoms with E-state index in [0.29, 0.717) is 6.42 Å². The molecule has 2 aromatic rings. The van der Waals surface area contributed by atoms with Gasteiger partial charge in [0.25, 0.3) is 10.0 Å². The van der Waals surface area contributed by atoms with Crippen LogP contribution in [0.3, 0.4) is 0 Å². The molecule has 1 amide bonds. The number of sulfonamides is 1. The monoisotopic (exact) mass is 441 g/mol. The van der Waals surface area contributed by atoms with E-state index in [-0.39, 0.29) is 20.0 Å². The van der Waals surface area contributed by atoms with Crippen molar-refractivity contribution in [2.24, 2.45) is 0 Å². The summed E-state index contributed by atoms with van der Waals surface area (Å²) >= 11 is 15.8. The first kappa shape index (κ1) is 17.7. The summed E-state index contributed by atoms with van der Waals surface area (Å²) in [5.41, 5.74) is 0.929. The zero-order valence-electron chi connectivity index (χ0n) is 11.0. The Balaban J connectivity index is 2.01. The molecule has 9 heteroatoms. The van der Waals surface area contributed by atoms with Gasteiger partial charge in [0.2, 0.25) is 5.91 Å². The molecule has 1 heterocycles. The van der Waals surface area contributed by atoms with E-state index in [9.17, 15) is 13.2 Å². The first-order chi connectivity index (χ1) is 10.3. The summed E-state index contributed by atoms with van der Waals surface area (Å²) in [4.78, 5) is 11.7. The second-order valence-corrected chi connectivity index (χ2v) is 9.20. The molecule has 0 atom stereocenters. The number of rotatable bonds is 5. The number of halogens is 3. The van der Waals surface area contributed by atoms with Crippen molar-refractivity contribution in [1.29, 1.82) is 0 Å². The Kier molecular flexibility index (Phi) is 5.90. The zero-order valence-corrected chi connectivity index (χ0v) is 15.7. The van der Waals surface area contributed by atoms with E-state index in [1.807, 2.05) is 29.0 Å². The van der Waals surface area contributed by atoms with Crippen molar-refractivity contribution in [2.45, 2.75) is 17.7 Å². The third-order valence-corrected chi connectivity index (χ3v) is 6.31. The fraction of sp³-hybridized carbons (Fsp3) is 0.154. The lowest BCUT2D eigenvalue weighted by Gasteiger charge is -2.06. The van der Waals surface area contributed by atoms with Gasteiger partial charge in [-0.1, -0.05) is 51.3 Å². The number of benzene rings is 1. The average Bonchev–Trinajstić information content (AvgIpc) is 2.76. The van der Waals surface area contributed by atoms with Crippen LogP contribution >= 0.6 is 50.5 Å². The summed E-state index contributed by atoms with van der Waals surface area (Å²) in [6, 6.07) is 8.68. The van der Waals surface area contributed by atoms with Gasteiger partial charge < -0.3 is 0 Å². The minimum atomic E-state index is -4.00. The maximum atomic E-state index is 12.1. The van der Waals surface area contributed by atoms with Crippen LogP contribution in [0.5, 0.6) is 0 Å². The molecule has 0 aliphatic heterocycles. The molecular formula is C13H10BrCl2NO3S2. The van der Waals surface area contributed by atoms with Crippen LogP contribution in [0.25, 0.3) is 0 Å². The van der Waals surface area contributed by atoms with Gasteiger partial charge in [0.05, 0.1) is 4.34 Å². The molecule has 4 nitrogen and oxygen atoms in total. The molecule has 2 rings (SSSR count). The molecule has 1 N–H and O–H groups in total. The normalized spacial score (nSPS) is 11.4. The summed E-state index contributed by atoms with van der Waals surface area (Å²) in [6.45, 7) is 0. The van der Waals surface area contributed by atoms with E-state index in [1.54, 1.807) is 0 Å². The molecule has 0 fully saturated rings. The number of carbonyl (C=O) groups is 1. The molecule has 0 bridgehead atoms. The summed E-state index contributed by atoms with van der Waals surface area (Å²) in [7, 11) is -4.00. The fourth-order valence-electron chi connectivity index (χ4n) is 1.71. The maximum absolute atomic E-state index is 12.1. The Morgan fingerprint density at radius 2 is 2.00 bits per heavy atom. The lowest BCUT2D eigenvalue weighted by atomic mass is 10.1. The van der Waals surface area contributed by atoms with E-state index in [2.05, 4.69) is 15.9 Å². The van der Waals surface area contributed by atoms with Gasteiger partial charge in [-0.25, -0.2) is 13.1 Å². The Labute approximate surface area is 150 Å². The molecule has 1 aromatic carbocycles. The van der Waals surface area contributed by atoms with Gasteiger partial charge in [-0.3, -0.25) is 4.79 Å². The molecule has 22 heavy (non-hydrogen) atoms. The number of hydrogen-bond acceptors (Lipinski definition) is 4. The third-order valence-electron chi connectivity index (χ3n) is 2.69. The number of nitrogens with one attached hydrogen (secondary N) is 1. The topological polar surface area (TPSA) is 63.2 Å². The fourth-order valence-corrected chi connectivity index (χ4v) is 5.33. The Morgan fingerprint density at radius 1 is 1.27 bits per heavy atom. The number of carbonyl (C=O) groups excluding carboxylic acids is 1. The maximum Gasteiger partial charge on any atom is 0.266 e. The van der Waals surface area contributed by atoms with Crippen LogP contribution in [0.15, 0.2) is 39.7 Å². The molecule has 0 spiro atoms. The van der Waals surface area contributed by atoms with Crippen LogP contribution in [-0.4, -0.2) is 14.3 Å². The highest BCUT2D eigenvalue weighted by atomic mass is 79.9. The van der Waals surface area contributed by atoms with Gasteiger partial charge in [-0.2, -0.15) is 0 Å².